The van der Waals surface area contributed by atoms with Crippen molar-refractivity contribution in [2.45, 2.75) is 64.3 Å². The lowest BCUT2D eigenvalue weighted by Crippen LogP contribution is -2.29. The molecule has 0 aliphatic rings. The molecule has 92 valence electrons. The number of rotatable bonds is 10. The Hall–Kier alpha value is -0.120. The van der Waals surface area contributed by atoms with Crippen molar-refractivity contribution in [2.75, 3.05) is 14.2 Å². The molecule has 0 saturated carbocycles. The van der Waals surface area contributed by atoms with Crippen molar-refractivity contribution in [3.8, 4) is 0 Å². The molecule has 0 aromatic carbocycles. The molecule has 0 aliphatic heterocycles. The largest absolute Gasteiger partial charge is 0.388 e. The van der Waals surface area contributed by atoms with Crippen LogP contribution >= 0.6 is 0 Å². The molecule has 0 aromatic heterocycles. The number of hydrogen-bond donors (Lipinski definition) is 1. The first-order valence-electron chi connectivity index (χ1n) is 5.99. The minimum atomic E-state index is -0.494. The van der Waals surface area contributed by atoms with E-state index in [0.29, 0.717) is 0 Å². The molecule has 0 radical (unpaired) electrons. The molecule has 0 saturated heterocycles. The molecule has 0 rings (SSSR count). The second kappa shape index (κ2) is 10.4. The first kappa shape index (κ1) is 14.9. The molecule has 0 aromatic rings. The van der Waals surface area contributed by atoms with Gasteiger partial charge in [-0.3, -0.25) is 0 Å². The van der Waals surface area contributed by atoms with Crippen LogP contribution in [0.25, 0.3) is 0 Å². The van der Waals surface area contributed by atoms with Crippen LogP contribution in [0.2, 0.25) is 0 Å². The molecular formula is C12H26O3. The summed E-state index contributed by atoms with van der Waals surface area (Å²) in [4.78, 5) is 0. The van der Waals surface area contributed by atoms with Gasteiger partial charge in [0.15, 0.2) is 6.29 Å². The second-order valence-corrected chi connectivity index (χ2v) is 3.96. The van der Waals surface area contributed by atoms with Crippen molar-refractivity contribution in [3.63, 3.8) is 0 Å². The molecule has 0 aliphatic carbocycles. The number of aliphatic hydroxyl groups is 1. The average molecular weight is 218 g/mol. The molecule has 0 amide bonds. The van der Waals surface area contributed by atoms with Gasteiger partial charge in [-0.05, 0) is 6.42 Å². The first-order chi connectivity index (χ1) is 7.26. The maximum Gasteiger partial charge on any atom is 0.182 e. The van der Waals surface area contributed by atoms with Gasteiger partial charge in [0.25, 0.3) is 0 Å². The van der Waals surface area contributed by atoms with Crippen LogP contribution < -0.4 is 0 Å². The Kier molecular flexibility index (Phi) is 10.3. The van der Waals surface area contributed by atoms with Crippen molar-refractivity contribution >= 4 is 0 Å². The normalized spacial score (nSPS) is 13.4. The van der Waals surface area contributed by atoms with Gasteiger partial charge in [0.1, 0.15) is 6.10 Å². The molecule has 0 fully saturated rings. The Labute approximate surface area is 93.8 Å². The van der Waals surface area contributed by atoms with Crippen molar-refractivity contribution in [1.29, 1.82) is 0 Å². The summed E-state index contributed by atoms with van der Waals surface area (Å²) in [5, 5.41) is 9.66. The summed E-state index contributed by atoms with van der Waals surface area (Å²) in [5.41, 5.74) is 0. The van der Waals surface area contributed by atoms with Gasteiger partial charge in [-0.15, -0.1) is 0 Å². The van der Waals surface area contributed by atoms with Crippen LogP contribution in [0.3, 0.4) is 0 Å². The smallest absolute Gasteiger partial charge is 0.182 e. The monoisotopic (exact) mass is 218 g/mol. The minimum Gasteiger partial charge on any atom is -0.388 e. The maximum absolute atomic E-state index is 9.66. The standard InChI is InChI=1S/C12H26O3/c1-4-5-6-7-8-9-10-11(13)12(14-2)15-3/h11-13H,4-10H2,1-3H3. The Balaban J connectivity index is 3.33. The fraction of sp³-hybridized carbons (Fsp3) is 1.00. The number of hydrogen-bond acceptors (Lipinski definition) is 3. The van der Waals surface area contributed by atoms with E-state index in [0.717, 1.165) is 12.8 Å². The van der Waals surface area contributed by atoms with Crippen LogP contribution in [-0.4, -0.2) is 31.7 Å². The highest BCUT2D eigenvalue weighted by atomic mass is 16.7. The summed E-state index contributed by atoms with van der Waals surface area (Å²) in [6, 6.07) is 0. The van der Waals surface area contributed by atoms with Gasteiger partial charge in [0.05, 0.1) is 0 Å². The third-order valence-corrected chi connectivity index (χ3v) is 2.63. The predicted molar refractivity (Wildman–Crippen MR) is 61.8 cm³/mol. The Bertz CT molecular complexity index is 124. The summed E-state index contributed by atoms with van der Waals surface area (Å²) in [6.45, 7) is 2.21. The van der Waals surface area contributed by atoms with E-state index >= 15 is 0 Å². The Morgan fingerprint density at radius 1 is 0.933 bits per heavy atom. The van der Waals surface area contributed by atoms with E-state index in [4.69, 9.17) is 9.47 Å². The van der Waals surface area contributed by atoms with Crippen LogP contribution in [0.1, 0.15) is 51.9 Å². The van der Waals surface area contributed by atoms with Gasteiger partial charge < -0.3 is 14.6 Å². The lowest BCUT2D eigenvalue weighted by molar-refractivity contribution is -0.165. The quantitative estimate of drug-likeness (QED) is 0.452. The van der Waals surface area contributed by atoms with E-state index in [1.807, 2.05) is 0 Å². The first-order valence-corrected chi connectivity index (χ1v) is 5.99. The molecule has 1 atom stereocenters. The highest BCUT2D eigenvalue weighted by molar-refractivity contribution is 4.59. The SMILES string of the molecule is CCCCCCCCC(O)C(OC)OC. The molecule has 15 heavy (non-hydrogen) atoms. The fourth-order valence-corrected chi connectivity index (χ4v) is 1.68. The molecule has 1 N–H and O–H groups in total. The van der Waals surface area contributed by atoms with Crippen LogP contribution in [-0.2, 0) is 9.47 Å². The fourth-order valence-electron chi connectivity index (χ4n) is 1.68. The van der Waals surface area contributed by atoms with Gasteiger partial charge in [0.2, 0.25) is 0 Å². The second-order valence-electron chi connectivity index (χ2n) is 3.96. The highest BCUT2D eigenvalue weighted by Gasteiger charge is 2.16. The van der Waals surface area contributed by atoms with Gasteiger partial charge in [0, 0.05) is 14.2 Å². The third kappa shape index (κ3) is 7.77. The van der Waals surface area contributed by atoms with Crippen molar-refractivity contribution in [2.24, 2.45) is 0 Å². The van der Waals surface area contributed by atoms with Gasteiger partial charge in [-0.25, -0.2) is 0 Å². The van der Waals surface area contributed by atoms with Crippen LogP contribution in [0, 0.1) is 0 Å². The summed E-state index contributed by atoms with van der Waals surface area (Å²) in [5.74, 6) is 0. The maximum atomic E-state index is 9.66. The number of unbranched alkanes of at least 4 members (excludes halogenated alkanes) is 5. The summed E-state index contributed by atoms with van der Waals surface area (Å²) >= 11 is 0. The zero-order valence-electron chi connectivity index (χ0n) is 10.4. The van der Waals surface area contributed by atoms with Gasteiger partial charge in [-0.2, -0.15) is 0 Å². The zero-order valence-corrected chi connectivity index (χ0v) is 10.4. The molecule has 3 nitrogen and oxygen atoms in total. The third-order valence-electron chi connectivity index (χ3n) is 2.63. The molecular weight excluding hydrogens is 192 g/mol. The van der Waals surface area contributed by atoms with Crippen molar-refractivity contribution in [3.05, 3.63) is 0 Å². The average Bonchev–Trinajstić information content (AvgIpc) is 2.25. The lowest BCUT2D eigenvalue weighted by atomic mass is 10.1. The topological polar surface area (TPSA) is 38.7 Å². The molecule has 0 bridgehead atoms. The lowest BCUT2D eigenvalue weighted by Gasteiger charge is -2.19. The van der Waals surface area contributed by atoms with Gasteiger partial charge in [-0.1, -0.05) is 45.4 Å². The van der Waals surface area contributed by atoms with E-state index in [-0.39, 0.29) is 0 Å². The summed E-state index contributed by atoms with van der Waals surface area (Å²) in [6.07, 6.45) is 7.21. The highest BCUT2D eigenvalue weighted by Crippen LogP contribution is 2.11. The van der Waals surface area contributed by atoms with Crippen LogP contribution in [0.4, 0.5) is 0 Å². The summed E-state index contributed by atoms with van der Waals surface area (Å²) in [7, 11) is 3.11. The Morgan fingerprint density at radius 2 is 1.47 bits per heavy atom. The Morgan fingerprint density at radius 3 is 2.00 bits per heavy atom. The number of methoxy groups -OCH3 is 2. The van der Waals surface area contributed by atoms with Gasteiger partial charge >= 0.3 is 0 Å². The van der Waals surface area contributed by atoms with E-state index in [1.54, 1.807) is 14.2 Å². The minimum absolute atomic E-state index is 0.472. The van der Waals surface area contributed by atoms with Crippen LogP contribution in [0.15, 0.2) is 0 Å². The van der Waals surface area contributed by atoms with Crippen molar-refractivity contribution < 1.29 is 14.6 Å². The van der Waals surface area contributed by atoms with E-state index in [2.05, 4.69) is 6.92 Å². The number of aliphatic hydroxyl groups excluding tert-OH is 1. The van der Waals surface area contributed by atoms with E-state index in [9.17, 15) is 5.11 Å². The number of ether oxygens (including phenoxy) is 2. The predicted octanol–water partition coefficient (Wildman–Crippen LogP) is 2.72. The zero-order chi connectivity index (χ0) is 11.5. The molecule has 1 unspecified atom stereocenters. The van der Waals surface area contributed by atoms with Crippen molar-refractivity contribution in [1.82, 2.24) is 0 Å². The molecule has 0 spiro atoms. The van der Waals surface area contributed by atoms with E-state index in [1.165, 1.54) is 32.1 Å². The van der Waals surface area contributed by atoms with Crippen LogP contribution in [0.5, 0.6) is 0 Å². The molecule has 0 heterocycles. The summed E-state index contributed by atoms with van der Waals surface area (Å²) < 4.78 is 9.97. The molecule has 3 heteroatoms. The van der Waals surface area contributed by atoms with E-state index < -0.39 is 12.4 Å².